The molecule has 1 unspecified atom stereocenters. The molecule has 1 aromatic carbocycles. The second-order valence-electron chi connectivity index (χ2n) is 4.47. The van der Waals surface area contributed by atoms with E-state index in [1.165, 1.54) is 13.2 Å². The van der Waals surface area contributed by atoms with Crippen molar-refractivity contribution in [1.29, 1.82) is 0 Å². The molecule has 0 aromatic heterocycles. The van der Waals surface area contributed by atoms with Crippen LogP contribution in [-0.2, 0) is 11.3 Å². The molecule has 96 valence electrons. The topological polar surface area (TPSA) is 44.5 Å². The van der Waals surface area contributed by atoms with Crippen LogP contribution in [0, 0.1) is 5.82 Å². The highest BCUT2D eigenvalue weighted by Crippen LogP contribution is 2.18. The second-order valence-corrected chi connectivity index (χ2v) is 4.47. The van der Waals surface area contributed by atoms with Gasteiger partial charge in [0, 0.05) is 5.54 Å². The van der Waals surface area contributed by atoms with Gasteiger partial charge in [-0.25, -0.2) is 4.39 Å². The van der Waals surface area contributed by atoms with Gasteiger partial charge in [-0.1, -0.05) is 13.0 Å². The van der Waals surface area contributed by atoms with Crippen molar-refractivity contribution in [2.45, 2.75) is 32.4 Å². The first kappa shape index (κ1) is 13.9. The van der Waals surface area contributed by atoms with Gasteiger partial charge < -0.3 is 15.2 Å². The predicted octanol–water partition coefficient (Wildman–Crippen LogP) is 2.48. The summed E-state index contributed by atoms with van der Waals surface area (Å²) >= 11 is 0. The largest absolute Gasteiger partial charge is 0.494 e. The lowest BCUT2D eigenvalue weighted by Crippen LogP contribution is -2.40. The van der Waals surface area contributed by atoms with E-state index in [-0.39, 0.29) is 17.1 Å². The lowest BCUT2D eigenvalue weighted by Gasteiger charge is -2.22. The van der Waals surface area contributed by atoms with Gasteiger partial charge in [0.25, 0.3) is 0 Å². The van der Waals surface area contributed by atoms with Crippen LogP contribution >= 0.6 is 0 Å². The molecule has 1 aromatic rings. The highest BCUT2D eigenvalue weighted by Gasteiger charge is 2.15. The fourth-order valence-electron chi connectivity index (χ4n) is 1.30. The van der Waals surface area contributed by atoms with Crippen LogP contribution in [-0.4, -0.2) is 19.3 Å². The van der Waals surface area contributed by atoms with Gasteiger partial charge in [0.05, 0.1) is 20.3 Å². The van der Waals surface area contributed by atoms with Gasteiger partial charge in [-0.2, -0.15) is 0 Å². The molecule has 3 nitrogen and oxygen atoms in total. The average Bonchev–Trinajstić information content (AvgIpc) is 2.29. The maximum absolute atomic E-state index is 13.4. The molecule has 1 rings (SSSR count). The van der Waals surface area contributed by atoms with Gasteiger partial charge in [-0.15, -0.1) is 0 Å². The van der Waals surface area contributed by atoms with Crippen molar-refractivity contribution >= 4 is 0 Å². The minimum absolute atomic E-state index is 0.242. The lowest BCUT2D eigenvalue weighted by atomic mass is 10.0. The predicted molar refractivity (Wildman–Crippen MR) is 65.5 cm³/mol. The Bertz CT molecular complexity index is 366. The Hall–Kier alpha value is -1.13. The Kier molecular flexibility index (Phi) is 4.90. The molecular formula is C13H20FNO2. The summed E-state index contributed by atoms with van der Waals surface area (Å²) in [5.41, 5.74) is 6.38. The van der Waals surface area contributed by atoms with Crippen molar-refractivity contribution in [3.63, 3.8) is 0 Å². The van der Waals surface area contributed by atoms with Crippen molar-refractivity contribution in [3.05, 3.63) is 29.6 Å². The number of rotatable bonds is 6. The number of nitrogens with two attached hydrogens (primary N) is 1. The Balaban J connectivity index is 2.50. The van der Waals surface area contributed by atoms with E-state index in [1.807, 2.05) is 13.8 Å². The Morgan fingerprint density at radius 2 is 2.12 bits per heavy atom. The van der Waals surface area contributed by atoms with Gasteiger partial charge in [-0.05, 0) is 31.0 Å². The third-order valence-electron chi connectivity index (χ3n) is 2.72. The lowest BCUT2D eigenvalue weighted by molar-refractivity contribution is 0.0775. The van der Waals surface area contributed by atoms with E-state index in [4.69, 9.17) is 15.2 Å². The number of halogens is 1. The molecular weight excluding hydrogens is 221 g/mol. The summed E-state index contributed by atoms with van der Waals surface area (Å²) in [6, 6.07) is 4.79. The summed E-state index contributed by atoms with van der Waals surface area (Å²) in [5.74, 6) is -0.134. The molecule has 0 aliphatic heterocycles. The highest BCUT2D eigenvalue weighted by molar-refractivity contribution is 5.28. The quantitative estimate of drug-likeness (QED) is 0.832. The summed E-state index contributed by atoms with van der Waals surface area (Å²) in [7, 11) is 1.44. The molecule has 0 heterocycles. The Morgan fingerprint density at radius 1 is 1.41 bits per heavy atom. The van der Waals surface area contributed by atoms with Gasteiger partial charge in [0.2, 0.25) is 0 Å². The van der Waals surface area contributed by atoms with Gasteiger partial charge in [0.1, 0.15) is 0 Å². The molecule has 17 heavy (non-hydrogen) atoms. The average molecular weight is 241 g/mol. The van der Waals surface area contributed by atoms with Gasteiger partial charge in [0.15, 0.2) is 11.6 Å². The van der Waals surface area contributed by atoms with Crippen LogP contribution < -0.4 is 10.5 Å². The van der Waals surface area contributed by atoms with E-state index in [0.717, 1.165) is 12.0 Å². The SMILES string of the molecule is CCC(C)(N)COCc1ccc(OC)c(F)c1. The van der Waals surface area contributed by atoms with E-state index in [9.17, 15) is 4.39 Å². The highest BCUT2D eigenvalue weighted by atomic mass is 19.1. The molecule has 4 heteroatoms. The first-order valence-corrected chi connectivity index (χ1v) is 5.67. The van der Waals surface area contributed by atoms with Crippen molar-refractivity contribution in [1.82, 2.24) is 0 Å². The van der Waals surface area contributed by atoms with Crippen LogP contribution in [0.1, 0.15) is 25.8 Å². The van der Waals surface area contributed by atoms with E-state index in [2.05, 4.69) is 0 Å². The zero-order valence-corrected chi connectivity index (χ0v) is 10.6. The number of benzene rings is 1. The maximum Gasteiger partial charge on any atom is 0.165 e. The fourth-order valence-corrected chi connectivity index (χ4v) is 1.30. The van der Waals surface area contributed by atoms with E-state index >= 15 is 0 Å². The van der Waals surface area contributed by atoms with E-state index in [1.54, 1.807) is 12.1 Å². The van der Waals surface area contributed by atoms with Gasteiger partial charge in [-0.3, -0.25) is 0 Å². The van der Waals surface area contributed by atoms with E-state index in [0.29, 0.717) is 13.2 Å². The molecule has 0 aliphatic rings. The summed E-state index contributed by atoms with van der Waals surface area (Å²) in [5, 5.41) is 0. The minimum atomic E-state index is -0.375. The monoisotopic (exact) mass is 241 g/mol. The van der Waals surface area contributed by atoms with Crippen LogP contribution in [0.2, 0.25) is 0 Å². The zero-order chi connectivity index (χ0) is 12.9. The van der Waals surface area contributed by atoms with Gasteiger partial charge >= 0.3 is 0 Å². The standard InChI is InChI=1S/C13H20FNO2/c1-4-13(2,15)9-17-8-10-5-6-12(16-3)11(14)7-10/h5-7H,4,8-9,15H2,1-3H3. The molecule has 0 radical (unpaired) electrons. The molecule has 1 atom stereocenters. The fraction of sp³-hybridized carbons (Fsp3) is 0.538. The van der Waals surface area contributed by atoms with Crippen molar-refractivity contribution in [3.8, 4) is 5.75 Å². The molecule has 0 bridgehead atoms. The van der Waals surface area contributed by atoms with Crippen LogP contribution in [0.3, 0.4) is 0 Å². The van der Waals surface area contributed by atoms with Crippen molar-refractivity contribution in [2.75, 3.05) is 13.7 Å². The second kappa shape index (κ2) is 5.98. The molecule has 0 aliphatic carbocycles. The first-order chi connectivity index (χ1) is 7.98. The van der Waals surface area contributed by atoms with Crippen LogP contribution in [0.15, 0.2) is 18.2 Å². The normalized spacial score (nSPS) is 14.4. The molecule has 0 amide bonds. The van der Waals surface area contributed by atoms with Crippen LogP contribution in [0.5, 0.6) is 5.75 Å². The molecule has 0 spiro atoms. The summed E-state index contributed by atoms with van der Waals surface area (Å²) in [4.78, 5) is 0. The molecule has 2 N–H and O–H groups in total. The number of hydrogen-bond acceptors (Lipinski definition) is 3. The zero-order valence-electron chi connectivity index (χ0n) is 10.6. The minimum Gasteiger partial charge on any atom is -0.494 e. The molecule has 0 saturated heterocycles. The number of methoxy groups -OCH3 is 1. The third-order valence-corrected chi connectivity index (χ3v) is 2.72. The third kappa shape index (κ3) is 4.32. The van der Waals surface area contributed by atoms with Crippen molar-refractivity contribution < 1.29 is 13.9 Å². The number of ether oxygens (including phenoxy) is 2. The summed E-state index contributed by atoms with van der Waals surface area (Å²) in [6.07, 6.45) is 0.837. The Labute approximate surface area is 102 Å². The maximum atomic E-state index is 13.4. The Morgan fingerprint density at radius 3 is 2.65 bits per heavy atom. The summed E-state index contributed by atoms with van der Waals surface area (Å²) < 4.78 is 23.7. The van der Waals surface area contributed by atoms with E-state index < -0.39 is 0 Å². The van der Waals surface area contributed by atoms with Crippen LogP contribution in [0.4, 0.5) is 4.39 Å². The van der Waals surface area contributed by atoms with Crippen LogP contribution in [0.25, 0.3) is 0 Å². The molecule has 0 fully saturated rings. The number of hydrogen-bond donors (Lipinski definition) is 1. The summed E-state index contributed by atoms with van der Waals surface area (Å²) in [6.45, 7) is 4.75. The first-order valence-electron chi connectivity index (χ1n) is 5.67. The van der Waals surface area contributed by atoms with Crippen molar-refractivity contribution in [2.24, 2.45) is 5.73 Å². The molecule has 0 saturated carbocycles. The smallest absolute Gasteiger partial charge is 0.165 e.